The van der Waals surface area contributed by atoms with Gasteiger partial charge in [-0.1, -0.05) is 0 Å². The zero-order valence-electron chi connectivity index (χ0n) is 8.66. The molecule has 0 aliphatic heterocycles. The Balaban J connectivity index is 2.13. The average Bonchev–Trinajstić information content (AvgIpc) is 2.40. The molecule has 2 aromatic rings. The number of aromatic nitrogens is 3. The molecular formula is C11H7N5O. The SMILES string of the molecule is N#Cc1ccc(C(=O)Nc2cncnc2)nc1. The molecule has 0 fully saturated rings. The molecule has 0 saturated carbocycles. The van der Waals surface area contributed by atoms with Crippen molar-refractivity contribution in [1.29, 1.82) is 5.26 Å². The van der Waals surface area contributed by atoms with Crippen LogP contribution in [0.4, 0.5) is 5.69 Å². The van der Waals surface area contributed by atoms with Crippen molar-refractivity contribution in [2.24, 2.45) is 0 Å². The molecule has 0 aliphatic carbocycles. The molecule has 0 bridgehead atoms. The molecule has 2 heterocycles. The first-order valence-corrected chi connectivity index (χ1v) is 4.72. The fourth-order valence-corrected chi connectivity index (χ4v) is 1.15. The third-order valence-corrected chi connectivity index (χ3v) is 1.94. The maximum absolute atomic E-state index is 11.7. The second-order valence-corrected chi connectivity index (χ2v) is 3.13. The van der Waals surface area contributed by atoms with Crippen molar-refractivity contribution in [3.8, 4) is 6.07 Å². The van der Waals surface area contributed by atoms with E-state index in [1.165, 1.54) is 37.1 Å². The van der Waals surface area contributed by atoms with E-state index in [-0.39, 0.29) is 11.6 Å². The molecule has 2 aromatic heterocycles. The number of hydrogen-bond acceptors (Lipinski definition) is 5. The lowest BCUT2D eigenvalue weighted by atomic mass is 10.2. The van der Waals surface area contributed by atoms with E-state index in [9.17, 15) is 4.79 Å². The van der Waals surface area contributed by atoms with E-state index in [1.54, 1.807) is 0 Å². The predicted octanol–water partition coefficient (Wildman–Crippen LogP) is 0.996. The van der Waals surface area contributed by atoms with Crippen LogP contribution in [0.25, 0.3) is 0 Å². The molecule has 0 spiro atoms. The van der Waals surface area contributed by atoms with Crippen LogP contribution in [0.5, 0.6) is 0 Å². The summed E-state index contributed by atoms with van der Waals surface area (Å²) in [6.45, 7) is 0. The van der Waals surface area contributed by atoms with Crippen molar-refractivity contribution in [3.63, 3.8) is 0 Å². The standard InChI is InChI=1S/C11H7N5O/c12-3-8-1-2-10(15-4-8)11(17)16-9-5-13-7-14-6-9/h1-2,4-7H,(H,16,17). The van der Waals surface area contributed by atoms with Gasteiger partial charge in [-0.15, -0.1) is 0 Å². The van der Waals surface area contributed by atoms with Gasteiger partial charge in [-0.2, -0.15) is 5.26 Å². The summed E-state index contributed by atoms with van der Waals surface area (Å²) in [7, 11) is 0. The van der Waals surface area contributed by atoms with Gasteiger partial charge in [0.05, 0.1) is 23.6 Å². The average molecular weight is 225 g/mol. The van der Waals surface area contributed by atoms with Crippen molar-refractivity contribution in [2.45, 2.75) is 0 Å². The van der Waals surface area contributed by atoms with Gasteiger partial charge in [-0.25, -0.2) is 15.0 Å². The molecule has 6 nitrogen and oxygen atoms in total. The summed E-state index contributed by atoms with van der Waals surface area (Å²) in [6.07, 6.45) is 5.68. The van der Waals surface area contributed by atoms with Gasteiger partial charge >= 0.3 is 0 Å². The fourth-order valence-electron chi connectivity index (χ4n) is 1.15. The lowest BCUT2D eigenvalue weighted by Crippen LogP contribution is -2.13. The van der Waals surface area contributed by atoms with Gasteiger partial charge in [-0.05, 0) is 12.1 Å². The van der Waals surface area contributed by atoms with Crippen LogP contribution in [0.1, 0.15) is 16.1 Å². The quantitative estimate of drug-likeness (QED) is 0.822. The van der Waals surface area contributed by atoms with Crippen LogP contribution in [0.2, 0.25) is 0 Å². The van der Waals surface area contributed by atoms with Gasteiger partial charge in [-0.3, -0.25) is 4.79 Å². The topological polar surface area (TPSA) is 91.6 Å². The van der Waals surface area contributed by atoms with Crippen molar-refractivity contribution in [3.05, 3.63) is 48.3 Å². The van der Waals surface area contributed by atoms with E-state index in [0.717, 1.165) is 0 Å². The summed E-state index contributed by atoms with van der Waals surface area (Å²) in [5.74, 6) is -0.371. The predicted molar refractivity (Wildman–Crippen MR) is 58.9 cm³/mol. The molecule has 0 saturated heterocycles. The maximum atomic E-state index is 11.7. The van der Waals surface area contributed by atoms with Gasteiger partial charge in [0.25, 0.3) is 5.91 Å². The van der Waals surface area contributed by atoms with Crippen LogP contribution in [0.15, 0.2) is 37.1 Å². The summed E-state index contributed by atoms with van der Waals surface area (Å²) in [6, 6.07) is 4.94. The highest BCUT2D eigenvalue weighted by molar-refractivity contribution is 6.02. The van der Waals surface area contributed by atoms with Gasteiger partial charge < -0.3 is 5.32 Å². The first-order chi connectivity index (χ1) is 8.29. The molecule has 6 heteroatoms. The van der Waals surface area contributed by atoms with Gasteiger partial charge in [0.1, 0.15) is 18.1 Å². The molecule has 0 radical (unpaired) electrons. The summed E-state index contributed by atoms with van der Waals surface area (Å²) in [4.78, 5) is 23.1. The van der Waals surface area contributed by atoms with Crippen molar-refractivity contribution < 1.29 is 4.79 Å². The smallest absolute Gasteiger partial charge is 0.274 e. The van der Waals surface area contributed by atoms with E-state index in [1.807, 2.05) is 6.07 Å². The van der Waals surface area contributed by atoms with E-state index in [0.29, 0.717) is 11.3 Å². The molecule has 1 N–H and O–H groups in total. The molecule has 0 aliphatic rings. The van der Waals surface area contributed by atoms with Crippen LogP contribution >= 0.6 is 0 Å². The maximum Gasteiger partial charge on any atom is 0.274 e. The molecule has 0 atom stereocenters. The number of carbonyl (C=O) groups excluding carboxylic acids is 1. The normalized spacial score (nSPS) is 9.35. The van der Waals surface area contributed by atoms with Crippen molar-refractivity contribution >= 4 is 11.6 Å². The van der Waals surface area contributed by atoms with E-state index >= 15 is 0 Å². The molecule has 0 aromatic carbocycles. The largest absolute Gasteiger partial charge is 0.318 e. The van der Waals surface area contributed by atoms with Gasteiger partial charge in [0, 0.05) is 6.20 Å². The Morgan fingerprint density at radius 2 is 2.00 bits per heavy atom. The van der Waals surface area contributed by atoms with Crippen molar-refractivity contribution in [1.82, 2.24) is 15.0 Å². The Kier molecular flexibility index (Phi) is 3.03. The Bertz CT molecular complexity index is 559. The Hall–Kier alpha value is -2.81. The van der Waals surface area contributed by atoms with Crippen LogP contribution in [0, 0.1) is 11.3 Å². The number of anilines is 1. The highest BCUT2D eigenvalue weighted by Gasteiger charge is 2.07. The lowest BCUT2D eigenvalue weighted by molar-refractivity contribution is 0.102. The Morgan fingerprint density at radius 1 is 1.24 bits per heavy atom. The third kappa shape index (κ3) is 2.60. The van der Waals surface area contributed by atoms with Crippen LogP contribution in [0.3, 0.4) is 0 Å². The number of nitrogens with zero attached hydrogens (tertiary/aromatic N) is 4. The number of nitriles is 1. The first-order valence-electron chi connectivity index (χ1n) is 4.72. The number of pyridine rings is 1. The Morgan fingerprint density at radius 3 is 2.59 bits per heavy atom. The zero-order chi connectivity index (χ0) is 12.1. The molecule has 82 valence electrons. The minimum Gasteiger partial charge on any atom is -0.318 e. The molecule has 17 heavy (non-hydrogen) atoms. The zero-order valence-corrected chi connectivity index (χ0v) is 8.66. The first kappa shape index (κ1) is 10.7. The molecular weight excluding hydrogens is 218 g/mol. The highest BCUT2D eigenvalue weighted by Crippen LogP contribution is 2.05. The van der Waals surface area contributed by atoms with E-state index in [4.69, 9.17) is 5.26 Å². The highest BCUT2D eigenvalue weighted by atomic mass is 16.1. The number of hydrogen-bond donors (Lipinski definition) is 1. The molecule has 1 amide bonds. The second-order valence-electron chi connectivity index (χ2n) is 3.13. The monoisotopic (exact) mass is 225 g/mol. The van der Waals surface area contributed by atoms with E-state index < -0.39 is 0 Å². The molecule has 0 unspecified atom stereocenters. The summed E-state index contributed by atoms with van der Waals surface area (Å²) >= 11 is 0. The van der Waals surface area contributed by atoms with Crippen LogP contribution in [-0.2, 0) is 0 Å². The number of amides is 1. The fraction of sp³-hybridized carbons (Fsp3) is 0. The number of nitrogens with one attached hydrogen (secondary N) is 1. The summed E-state index contributed by atoms with van der Waals surface area (Å²) in [5.41, 5.74) is 1.13. The summed E-state index contributed by atoms with van der Waals surface area (Å²) in [5, 5.41) is 11.2. The van der Waals surface area contributed by atoms with E-state index in [2.05, 4.69) is 20.3 Å². The lowest BCUT2D eigenvalue weighted by Gasteiger charge is -2.02. The second kappa shape index (κ2) is 4.81. The van der Waals surface area contributed by atoms with Gasteiger partial charge in [0.2, 0.25) is 0 Å². The van der Waals surface area contributed by atoms with Gasteiger partial charge in [0.15, 0.2) is 0 Å². The minimum atomic E-state index is -0.371. The number of rotatable bonds is 2. The van der Waals surface area contributed by atoms with Crippen LogP contribution in [-0.4, -0.2) is 20.9 Å². The minimum absolute atomic E-state index is 0.229. The van der Waals surface area contributed by atoms with Crippen molar-refractivity contribution in [2.75, 3.05) is 5.32 Å². The third-order valence-electron chi connectivity index (χ3n) is 1.94. The van der Waals surface area contributed by atoms with Crippen LogP contribution < -0.4 is 5.32 Å². The number of carbonyl (C=O) groups is 1. The molecule has 2 rings (SSSR count). The summed E-state index contributed by atoms with van der Waals surface area (Å²) < 4.78 is 0. The Labute approximate surface area is 97.0 Å².